The van der Waals surface area contributed by atoms with Crippen molar-refractivity contribution in [2.75, 3.05) is 6.61 Å². The minimum Gasteiger partial charge on any atom is -0.493 e. The second-order valence-electron chi connectivity index (χ2n) is 7.02. The van der Waals surface area contributed by atoms with Crippen molar-refractivity contribution in [3.63, 3.8) is 0 Å². The summed E-state index contributed by atoms with van der Waals surface area (Å²) in [5.74, 6) is -0.169. The lowest BCUT2D eigenvalue weighted by Crippen LogP contribution is -2.17. The second kappa shape index (κ2) is 8.61. The van der Waals surface area contributed by atoms with E-state index in [1.54, 1.807) is 13.8 Å². The molecule has 0 bridgehead atoms. The Morgan fingerprint density at radius 1 is 1.30 bits per heavy atom. The number of pyridine rings is 1. The summed E-state index contributed by atoms with van der Waals surface area (Å²) in [4.78, 5) is 23.2. The third-order valence-corrected chi connectivity index (χ3v) is 4.89. The van der Waals surface area contributed by atoms with E-state index in [0.717, 1.165) is 6.07 Å². The minimum atomic E-state index is -4.56. The number of alkyl halides is 3. The van der Waals surface area contributed by atoms with Crippen LogP contribution in [0.2, 0.25) is 5.15 Å². The van der Waals surface area contributed by atoms with E-state index in [1.165, 1.54) is 24.4 Å². The molecular formula is C20H20ClF3N4O2. The number of rotatable bonds is 6. The molecule has 3 aromatic rings. The van der Waals surface area contributed by atoms with Gasteiger partial charge in [0.05, 0.1) is 29.3 Å². The predicted molar refractivity (Wildman–Crippen MR) is 108 cm³/mol. The number of hydrogen-bond donors (Lipinski definition) is 2. The minimum absolute atomic E-state index is 0.0193. The second-order valence-corrected chi connectivity index (χ2v) is 7.41. The maximum absolute atomic E-state index is 13.4. The highest BCUT2D eigenvalue weighted by molar-refractivity contribution is 6.30. The number of fused-ring (bicyclic) bond motifs is 1. The van der Waals surface area contributed by atoms with Crippen LogP contribution in [0.5, 0.6) is 5.75 Å². The SMILES string of the molecule is CC(CCOc1c([C@@H](C)N)cccc1C(F)(F)F)c1nc2cnc(Cl)cc2c(=O)[nH]1. The summed E-state index contributed by atoms with van der Waals surface area (Å²) in [7, 11) is 0. The molecule has 2 aromatic heterocycles. The third kappa shape index (κ3) is 4.73. The molecule has 1 unspecified atom stereocenters. The van der Waals surface area contributed by atoms with Crippen LogP contribution in [0.15, 0.2) is 35.3 Å². The third-order valence-electron chi connectivity index (χ3n) is 4.68. The number of para-hydroxylation sites is 1. The number of halogens is 4. The summed E-state index contributed by atoms with van der Waals surface area (Å²) in [5.41, 5.74) is 5.24. The molecule has 6 nitrogen and oxygen atoms in total. The first-order valence-corrected chi connectivity index (χ1v) is 9.59. The Kier molecular flexibility index (Phi) is 6.33. The van der Waals surface area contributed by atoms with E-state index in [0.29, 0.717) is 23.1 Å². The first kappa shape index (κ1) is 22.0. The van der Waals surface area contributed by atoms with Crippen LogP contribution >= 0.6 is 11.6 Å². The number of nitrogens with zero attached hydrogens (tertiary/aromatic N) is 2. The summed E-state index contributed by atoms with van der Waals surface area (Å²) in [5, 5.41) is 0.486. The fourth-order valence-corrected chi connectivity index (χ4v) is 3.20. The van der Waals surface area contributed by atoms with Gasteiger partial charge in [-0.1, -0.05) is 30.7 Å². The highest BCUT2D eigenvalue weighted by atomic mass is 35.5. The van der Waals surface area contributed by atoms with Gasteiger partial charge in [-0.3, -0.25) is 4.79 Å². The van der Waals surface area contributed by atoms with Gasteiger partial charge >= 0.3 is 6.18 Å². The molecule has 30 heavy (non-hydrogen) atoms. The first-order chi connectivity index (χ1) is 14.1. The van der Waals surface area contributed by atoms with Crippen molar-refractivity contribution >= 4 is 22.5 Å². The lowest BCUT2D eigenvalue weighted by molar-refractivity contribution is -0.139. The molecule has 0 saturated heterocycles. The van der Waals surface area contributed by atoms with Gasteiger partial charge in [-0.25, -0.2) is 9.97 Å². The molecule has 3 rings (SSSR count). The monoisotopic (exact) mass is 440 g/mol. The van der Waals surface area contributed by atoms with Crippen LogP contribution in [-0.2, 0) is 6.18 Å². The first-order valence-electron chi connectivity index (χ1n) is 9.22. The number of aromatic amines is 1. The van der Waals surface area contributed by atoms with Crippen LogP contribution in [-0.4, -0.2) is 21.6 Å². The van der Waals surface area contributed by atoms with E-state index in [9.17, 15) is 18.0 Å². The average molecular weight is 441 g/mol. The van der Waals surface area contributed by atoms with Crippen molar-refractivity contribution < 1.29 is 17.9 Å². The topological polar surface area (TPSA) is 93.9 Å². The number of ether oxygens (including phenoxy) is 1. The highest BCUT2D eigenvalue weighted by Gasteiger charge is 2.35. The summed E-state index contributed by atoms with van der Waals surface area (Å²) in [6.07, 6.45) is -2.85. The Morgan fingerprint density at radius 2 is 2.03 bits per heavy atom. The number of nitrogens with two attached hydrogens (primary N) is 1. The lowest BCUT2D eigenvalue weighted by atomic mass is 10.0. The van der Waals surface area contributed by atoms with E-state index in [2.05, 4.69) is 15.0 Å². The summed E-state index contributed by atoms with van der Waals surface area (Å²) < 4.78 is 45.7. The van der Waals surface area contributed by atoms with E-state index in [4.69, 9.17) is 22.1 Å². The lowest BCUT2D eigenvalue weighted by Gasteiger charge is -2.20. The predicted octanol–water partition coefficient (Wildman–Crippen LogP) is 4.58. The number of benzene rings is 1. The molecular weight excluding hydrogens is 421 g/mol. The van der Waals surface area contributed by atoms with E-state index in [-0.39, 0.29) is 34.6 Å². The standard InChI is InChI=1S/C20H20ClF3N4O2/c1-10(18-27-15-9-26-16(21)8-13(15)19(29)28-18)6-7-30-17-12(11(2)25)4-3-5-14(17)20(22,23)24/h3-5,8-11H,6-7,25H2,1-2H3,(H,27,28,29)/t10?,11-/m1/s1. The van der Waals surface area contributed by atoms with Crippen molar-refractivity contribution in [1.29, 1.82) is 0 Å². The fraction of sp³-hybridized carbons (Fsp3) is 0.350. The van der Waals surface area contributed by atoms with E-state index >= 15 is 0 Å². The molecule has 2 atom stereocenters. The molecule has 3 N–H and O–H groups in total. The van der Waals surface area contributed by atoms with Gasteiger partial charge in [0.15, 0.2) is 0 Å². The quantitative estimate of drug-likeness (QED) is 0.547. The van der Waals surface area contributed by atoms with Crippen LogP contribution in [0.4, 0.5) is 13.2 Å². The number of aromatic nitrogens is 3. The van der Waals surface area contributed by atoms with Gasteiger partial charge in [0.1, 0.15) is 16.7 Å². The molecule has 0 saturated carbocycles. The van der Waals surface area contributed by atoms with Gasteiger partial charge in [0.2, 0.25) is 0 Å². The van der Waals surface area contributed by atoms with Crippen molar-refractivity contribution in [3.05, 3.63) is 62.9 Å². The molecule has 2 heterocycles. The number of hydrogen-bond acceptors (Lipinski definition) is 5. The van der Waals surface area contributed by atoms with Crippen LogP contribution in [0.1, 0.15) is 49.2 Å². The fourth-order valence-electron chi connectivity index (χ4n) is 3.04. The molecule has 10 heteroatoms. The van der Waals surface area contributed by atoms with Gasteiger partial charge in [-0.2, -0.15) is 13.2 Å². The zero-order valence-electron chi connectivity index (χ0n) is 16.3. The molecule has 0 amide bonds. The zero-order chi connectivity index (χ0) is 22.1. The molecule has 1 aromatic carbocycles. The van der Waals surface area contributed by atoms with Crippen LogP contribution in [0, 0.1) is 0 Å². The average Bonchev–Trinajstić information content (AvgIpc) is 2.67. The molecule has 0 spiro atoms. The van der Waals surface area contributed by atoms with Gasteiger partial charge in [0.25, 0.3) is 5.56 Å². The summed E-state index contributed by atoms with van der Waals surface area (Å²) >= 11 is 5.80. The van der Waals surface area contributed by atoms with Gasteiger partial charge in [-0.15, -0.1) is 0 Å². The van der Waals surface area contributed by atoms with Crippen molar-refractivity contribution in [2.24, 2.45) is 5.73 Å². The Labute approximate surface area is 175 Å². The number of H-pyrrole nitrogens is 1. The Morgan fingerprint density at radius 3 is 2.70 bits per heavy atom. The van der Waals surface area contributed by atoms with Crippen molar-refractivity contribution in [2.45, 2.75) is 38.4 Å². The van der Waals surface area contributed by atoms with Crippen molar-refractivity contribution in [3.8, 4) is 5.75 Å². The Balaban J connectivity index is 1.80. The van der Waals surface area contributed by atoms with E-state index in [1.807, 2.05) is 0 Å². The molecule has 0 fully saturated rings. The van der Waals surface area contributed by atoms with Crippen LogP contribution in [0.3, 0.4) is 0 Å². The number of nitrogens with one attached hydrogen (secondary N) is 1. The van der Waals surface area contributed by atoms with Crippen molar-refractivity contribution in [1.82, 2.24) is 15.0 Å². The molecule has 0 radical (unpaired) electrons. The van der Waals surface area contributed by atoms with Crippen LogP contribution in [0.25, 0.3) is 10.9 Å². The maximum Gasteiger partial charge on any atom is 0.419 e. The smallest absolute Gasteiger partial charge is 0.419 e. The van der Waals surface area contributed by atoms with E-state index < -0.39 is 17.8 Å². The maximum atomic E-state index is 13.4. The Bertz CT molecular complexity index is 1120. The van der Waals surface area contributed by atoms with Gasteiger partial charge < -0.3 is 15.5 Å². The van der Waals surface area contributed by atoms with Crippen LogP contribution < -0.4 is 16.0 Å². The molecule has 0 aliphatic heterocycles. The molecule has 0 aliphatic rings. The summed E-state index contributed by atoms with van der Waals surface area (Å²) in [6, 6.07) is 4.58. The normalized spacial score (nSPS) is 14.0. The zero-order valence-corrected chi connectivity index (χ0v) is 17.0. The Hall–Kier alpha value is -2.65. The molecule has 160 valence electrons. The van der Waals surface area contributed by atoms with Gasteiger partial charge in [0, 0.05) is 17.5 Å². The van der Waals surface area contributed by atoms with Gasteiger partial charge in [-0.05, 0) is 25.5 Å². The molecule has 0 aliphatic carbocycles. The largest absolute Gasteiger partial charge is 0.493 e. The highest BCUT2D eigenvalue weighted by Crippen LogP contribution is 2.40. The summed E-state index contributed by atoms with van der Waals surface area (Å²) in [6.45, 7) is 3.36.